The van der Waals surface area contributed by atoms with E-state index < -0.39 is 0 Å². The fourth-order valence-electron chi connectivity index (χ4n) is 2.88. The Morgan fingerprint density at radius 3 is 2.43 bits per heavy atom. The van der Waals surface area contributed by atoms with Gasteiger partial charge in [-0.2, -0.15) is 0 Å². The van der Waals surface area contributed by atoms with Crippen molar-refractivity contribution in [3.63, 3.8) is 0 Å². The van der Waals surface area contributed by atoms with Crippen LogP contribution in [0.1, 0.15) is 44.9 Å². The van der Waals surface area contributed by atoms with E-state index in [2.05, 4.69) is 0 Å². The number of aliphatic hydroxyl groups excluding tert-OH is 1. The molecule has 1 saturated carbocycles. The molecule has 0 radical (unpaired) electrons. The minimum atomic E-state index is -0.0650. The first-order chi connectivity index (χ1) is 6.84. The van der Waals surface area contributed by atoms with Crippen molar-refractivity contribution in [3.8, 4) is 0 Å². The summed E-state index contributed by atoms with van der Waals surface area (Å²) < 4.78 is 5.32. The highest BCUT2D eigenvalue weighted by atomic mass is 16.5. The van der Waals surface area contributed by atoms with Crippen LogP contribution >= 0.6 is 0 Å². The zero-order valence-corrected chi connectivity index (χ0v) is 8.95. The molecule has 2 atom stereocenters. The first-order valence-corrected chi connectivity index (χ1v) is 6.10. The number of hydrogen-bond donors (Lipinski definition) is 1. The maximum atomic E-state index is 9.91. The van der Waals surface area contributed by atoms with Crippen LogP contribution in [0.25, 0.3) is 0 Å². The Kier molecular flexibility index (Phi) is 3.82. The zero-order valence-electron chi connectivity index (χ0n) is 8.95. The van der Waals surface area contributed by atoms with Crippen molar-refractivity contribution in [2.75, 3.05) is 13.2 Å². The molecule has 0 aromatic rings. The van der Waals surface area contributed by atoms with E-state index >= 15 is 0 Å². The summed E-state index contributed by atoms with van der Waals surface area (Å²) in [5, 5.41) is 9.91. The highest BCUT2D eigenvalue weighted by Crippen LogP contribution is 2.30. The summed E-state index contributed by atoms with van der Waals surface area (Å²) in [7, 11) is 0. The smallest absolute Gasteiger partial charge is 0.0546 e. The lowest BCUT2D eigenvalue weighted by Gasteiger charge is -2.17. The van der Waals surface area contributed by atoms with Crippen molar-refractivity contribution in [1.29, 1.82) is 0 Å². The van der Waals surface area contributed by atoms with Crippen LogP contribution in [-0.4, -0.2) is 24.4 Å². The molecule has 1 aliphatic heterocycles. The lowest BCUT2D eigenvalue weighted by Crippen LogP contribution is -2.16. The number of rotatable bonds is 4. The fraction of sp³-hybridized carbons (Fsp3) is 1.00. The summed E-state index contributed by atoms with van der Waals surface area (Å²) in [5.74, 6) is 1.44. The van der Waals surface area contributed by atoms with Crippen molar-refractivity contribution in [1.82, 2.24) is 0 Å². The van der Waals surface area contributed by atoms with Crippen LogP contribution in [0.2, 0.25) is 0 Å². The minimum absolute atomic E-state index is 0.0650. The van der Waals surface area contributed by atoms with Crippen LogP contribution in [-0.2, 0) is 4.74 Å². The Balaban J connectivity index is 1.64. The van der Waals surface area contributed by atoms with E-state index in [-0.39, 0.29) is 6.10 Å². The van der Waals surface area contributed by atoms with E-state index in [4.69, 9.17) is 4.74 Å². The molecule has 2 unspecified atom stereocenters. The Hall–Kier alpha value is -0.0800. The second kappa shape index (κ2) is 5.13. The molecule has 2 heteroatoms. The van der Waals surface area contributed by atoms with Crippen molar-refractivity contribution < 1.29 is 9.84 Å². The average molecular weight is 198 g/mol. The van der Waals surface area contributed by atoms with E-state index in [0.717, 1.165) is 38.4 Å². The molecule has 0 amide bonds. The van der Waals surface area contributed by atoms with Crippen LogP contribution in [0.5, 0.6) is 0 Å². The third kappa shape index (κ3) is 2.96. The summed E-state index contributed by atoms with van der Waals surface area (Å²) >= 11 is 0. The second-order valence-corrected chi connectivity index (χ2v) is 5.01. The normalized spacial score (nSPS) is 31.1. The quantitative estimate of drug-likeness (QED) is 0.751. The Labute approximate surface area is 86.6 Å². The summed E-state index contributed by atoms with van der Waals surface area (Å²) in [4.78, 5) is 0. The maximum Gasteiger partial charge on any atom is 0.0546 e. The third-order valence-corrected chi connectivity index (χ3v) is 3.71. The third-order valence-electron chi connectivity index (χ3n) is 3.71. The van der Waals surface area contributed by atoms with Gasteiger partial charge in [-0.15, -0.1) is 0 Å². The number of ether oxygens (including phenoxy) is 1. The Bertz CT molecular complexity index is 140. The Morgan fingerprint density at radius 1 is 1.07 bits per heavy atom. The zero-order chi connectivity index (χ0) is 9.80. The van der Waals surface area contributed by atoms with E-state index in [1.165, 1.54) is 25.7 Å². The van der Waals surface area contributed by atoms with Gasteiger partial charge in [0.25, 0.3) is 0 Å². The molecule has 2 fully saturated rings. The van der Waals surface area contributed by atoms with E-state index in [9.17, 15) is 5.11 Å². The molecular weight excluding hydrogens is 176 g/mol. The van der Waals surface area contributed by atoms with E-state index in [1.807, 2.05) is 0 Å². The largest absolute Gasteiger partial charge is 0.393 e. The molecule has 2 rings (SSSR count). The van der Waals surface area contributed by atoms with Gasteiger partial charge in [0.05, 0.1) is 6.10 Å². The van der Waals surface area contributed by atoms with Crippen LogP contribution < -0.4 is 0 Å². The highest BCUT2D eigenvalue weighted by molar-refractivity contribution is 4.74. The van der Waals surface area contributed by atoms with Gasteiger partial charge in [-0.1, -0.05) is 25.7 Å². The lowest BCUT2D eigenvalue weighted by molar-refractivity contribution is 0.107. The van der Waals surface area contributed by atoms with Crippen LogP contribution in [0.15, 0.2) is 0 Å². The van der Waals surface area contributed by atoms with Crippen LogP contribution in [0, 0.1) is 11.8 Å². The molecule has 0 bridgehead atoms. The van der Waals surface area contributed by atoms with Gasteiger partial charge in [0.2, 0.25) is 0 Å². The number of aliphatic hydroxyl groups is 1. The summed E-state index contributed by atoms with van der Waals surface area (Å²) in [6.45, 7) is 1.78. The first kappa shape index (κ1) is 10.4. The highest BCUT2D eigenvalue weighted by Gasteiger charge is 2.23. The Morgan fingerprint density at radius 2 is 1.79 bits per heavy atom. The summed E-state index contributed by atoms with van der Waals surface area (Å²) in [6, 6.07) is 0. The first-order valence-electron chi connectivity index (χ1n) is 6.10. The predicted octanol–water partition coefficient (Wildman–Crippen LogP) is 2.35. The van der Waals surface area contributed by atoms with Gasteiger partial charge in [0.15, 0.2) is 0 Å². The average Bonchev–Trinajstić information content (AvgIpc) is 2.76. The molecule has 2 aliphatic rings. The molecule has 14 heavy (non-hydrogen) atoms. The summed E-state index contributed by atoms with van der Waals surface area (Å²) in [5.41, 5.74) is 0. The van der Waals surface area contributed by atoms with Crippen molar-refractivity contribution in [3.05, 3.63) is 0 Å². The van der Waals surface area contributed by atoms with Crippen molar-refractivity contribution in [2.45, 2.75) is 51.0 Å². The summed E-state index contributed by atoms with van der Waals surface area (Å²) in [6.07, 6.45) is 8.55. The van der Waals surface area contributed by atoms with Gasteiger partial charge in [-0.3, -0.25) is 0 Å². The van der Waals surface area contributed by atoms with Gasteiger partial charge >= 0.3 is 0 Å². The fourth-order valence-corrected chi connectivity index (χ4v) is 2.88. The molecule has 1 N–H and O–H groups in total. The molecule has 1 aliphatic carbocycles. The SMILES string of the molecule is OC(CC1CCCC1)CC1CCOC1. The van der Waals surface area contributed by atoms with Gasteiger partial charge in [-0.05, 0) is 31.1 Å². The van der Waals surface area contributed by atoms with Crippen molar-refractivity contribution >= 4 is 0 Å². The predicted molar refractivity (Wildman–Crippen MR) is 56.1 cm³/mol. The number of hydrogen-bond acceptors (Lipinski definition) is 2. The monoisotopic (exact) mass is 198 g/mol. The molecule has 0 aromatic heterocycles. The minimum Gasteiger partial charge on any atom is -0.393 e. The van der Waals surface area contributed by atoms with Gasteiger partial charge in [0.1, 0.15) is 0 Å². The molecule has 82 valence electrons. The molecule has 2 nitrogen and oxygen atoms in total. The topological polar surface area (TPSA) is 29.5 Å². The van der Waals surface area contributed by atoms with Crippen LogP contribution in [0.3, 0.4) is 0 Å². The van der Waals surface area contributed by atoms with E-state index in [1.54, 1.807) is 0 Å². The second-order valence-electron chi connectivity index (χ2n) is 5.01. The molecule has 1 heterocycles. The molecule has 1 saturated heterocycles. The van der Waals surface area contributed by atoms with Gasteiger partial charge < -0.3 is 9.84 Å². The van der Waals surface area contributed by atoms with E-state index in [0.29, 0.717) is 5.92 Å². The lowest BCUT2D eigenvalue weighted by atomic mass is 9.93. The van der Waals surface area contributed by atoms with Gasteiger partial charge in [-0.25, -0.2) is 0 Å². The molecule has 0 spiro atoms. The van der Waals surface area contributed by atoms with Crippen molar-refractivity contribution in [2.24, 2.45) is 11.8 Å². The van der Waals surface area contributed by atoms with Crippen LogP contribution in [0.4, 0.5) is 0 Å². The molecule has 0 aromatic carbocycles. The maximum absolute atomic E-state index is 9.91. The molecular formula is C12H22O2. The van der Waals surface area contributed by atoms with Gasteiger partial charge in [0, 0.05) is 13.2 Å². The standard InChI is InChI=1S/C12H22O2/c13-12(7-10-3-1-2-4-10)8-11-5-6-14-9-11/h10-13H,1-9H2.